The quantitative estimate of drug-likeness (QED) is 0.551. The fraction of sp³-hybridized carbons (Fsp3) is 0. The van der Waals surface area contributed by atoms with Crippen molar-refractivity contribution in [3.63, 3.8) is 0 Å². The first-order valence-corrected chi connectivity index (χ1v) is 5.78. The van der Waals surface area contributed by atoms with Gasteiger partial charge in [-0.25, -0.2) is 18.0 Å². The van der Waals surface area contributed by atoms with Crippen molar-refractivity contribution in [2.24, 2.45) is 0 Å². The summed E-state index contributed by atoms with van der Waals surface area (Å²) < 4.78 is 27.9. The number of hydrogen-bond acceptors (Lipinski definition) is 5. The summed E-state index contributed by atoms with van der Waals surface area (Å²) in [5.41, 5.74) is 0. The average Bonchev–Trinajstić information content (AvgIpc) is 2.60. The number of rotatable bonds is 2. The van der Waals surface area contributed by atoms with E-state index >= 15 is 0 Å². The summed E-state index contributed by atoms with van der Waals surface area (Å²) >= 11 is 0. The minimum Gasteiger partial charge on any atom is -0.386 e. The zero-order valence-corrected chi connectivity index (χ0v) is 8.73. The SMILES string of the molecule is O=C1C=C(S(=O)(=O)c2ccccc2)C(=O)O1. The average molecular weight is 238 g/mol. The Morgan fingerprint density at radius 2 is 1.62 bits per heavy atom. The molecule has 0 unspecified atom stereocenters. The van der Waals surface area contributed by atoms with E-state index in [1.165, 1.54) is 24.3 Å². The van der Waals surface area contributed by atoms with Gasteiger partial charge in [0.1, 0.15) is 0 Å². The largest absolute Gasteiger partial charge is 0.386 e. The number of sulfone groups is 1. The van der Waals surface area contributed by atoms with Gasteiger partial charge >= 0.3 is 11.9 Å². The molecule has 0 spiro atoms. The van der Waals surface area contributed by atoms with Crippen molar-refractivity contribution in [2.75, 3.05) is 0 Å². The molecule has 1 heterocycles. The van der Waals surface area contributed by atoms with E-state index in [1.54, 1.807) is 6.07 Å². The highest BCUT2D eigenvalue weighted by molar-refractivity contribution is 7.96. The van der Waals surface area contributed by atoms with Crippen molar-refractivity contribution in [3.05, 3.63) is 41.3 Å². The topological polar surface area (TPSA) is 77.5 Å². The summed E-state index contributed by atoms with van der Waals surface area (Å²) in [7, 11) is -3.96. The summed E-state index contributed by atoms with van der Waals surface area (Å²) in [4.78, 5) is 21.2. The van der Waals surface area contributed by atoms with Crippen LogP contribution in [0, 0.1) is 0 Å². The lowest BCUT2D eigenvalue weighted by Crippen LogP contribution is -2.11. The van der Waals surface area contributed by atoms with Crippen LogP contribution in [0.25, 0.3) is 0 Å². The molecule has 0 saturated carbocycles. The van der Waals surface area contributed by atoms with Gasteiger partial charge in [-0.2, -0.15) is 0 Å². The minimum absolute atomic E-state index is 0.0482. The van der Waals surface area contributed by atoms with Gasteiger partial charge in [0, 0.05) is 0 Å². The van der Waals surface area contributed by atoms with Gasteiger partial charge in [0.25, 0.3) is 0 Å². The molecule has 0 fully saturated rings. The molecule has 82 valence electrons. The molecule has 0 bridgehead atoms. The van der Waals surface area contributed by atoms with Crippen LogP contribution in [-0.2, 0) is 24.2 Å². The van der Waals surface area contributed by atoms with Crippen molar-refractivity contribution in [1.82, 2.24) is 0 Å². The molecule has 6 heteroatoms. The lowest BCUT2D eigenvalue weighted by molar-refractivity contribution is -0.150. The molecule has 0 amide bonds. The number of hydrogen-bond donors (Lipinski definition) is 0. The molecule has 5 nitrogen and oxygen atoms in total. The van der Waals surface area contributed by atoms with Crippen molar-refractivity contribution in [2.45, 2.75) is 4.90 Å². The molecular weight excluding hydrogens is 232 g/mol. The van der Waals surface area contributed by atoms with Crippen LogP contribution in [0.3, 0.4) is 0 Å². The first-order valence-electron chi connectivity index (χ1n) is 4.30. The fourth-order valence-corrected chi connectivity index (χ4v) is 2.53. The molecule has 0 atom stereocenters. The van der Waals surface area contributed by atoms with Crippen LogP contribution >= 0.6 is 0 Å². The highest BCUT2D eigenvalue weighted by Gasteiger charge is 2.35. The molecule has 1 aliphatic heterocycles. The monoisotopic (exact) mass is 238 g/mol. The standard InChI is InChI=1S/C10H6O5S/c11-9-6-8(10(12)15-9)16(13,14)7-4-2-1-3-5-7/h1-6H. The van der Waals surface area contributed by atoms with E-state index < -0.39 is 26.7 Å². The molecule has 0 aliphatic carbocycles. The summed E-state index contributed by atoms with van der Waals surface area (Å²) in [5, 5.41) is 0. The number of cyclic esters (lactones) is 2. The smallest absolute Gasteiger partial charge is 0.358 e. The number of esters is 2. The maximum absolute atomic E-state index is 11.9. The Kier molecular flexibility index (Phi) is 2.35. The second-order valence-electron chi connectivity index (χ2n) is 3.03. The van der Waals surface area contributed by atoms with E-state index in [0.29, 0.717) is 6.08 Å². The molecule has 16 heavy (non-hydrogen) atoms. The number of benzene rings is 1. The van der Waals surface area contributed by atoms with Crippen LogP contribution in [0.1, 0.15) is 0 Å². The van der Waals surface area contributed by atoms with Crippen LogP contribution in [0.4, 0.5) is 0 Å². The zero-order chi connectivity index (χ0) is 11.8. The van der Waals surface area contributed by atoms with Gasteiger partial charge in [-0.1, -0.05) is 18.2 Å². The Balaban J connectivity index is 2.53. The first kappa shape index (κ1) is 10.6. The normalized spacial score (nSPS) is 15.9. The molecule has 0 aromatic heterocycles. The van der Waals surface area contributed by atoms with Crippen molar-refractivity contribution >= 4 is 21.8 Å². The summed E-state index contributed by atoms with van der Waals surface area (Å²) in [5.74, 6) is -2.09. The Morgan fingerprint density at radius 3 is 2.12 bits per heavy atom. The molecule has 0 N–H and O–H groups in total. The third-order valence-electron chi connectivity index (χ3n) is 1.99. The van der Waals surface area contributed by atoms with E-state index in [9.17, 15) is 18.0 Å². The molecule has 1 aromatic rings. The summed E-state index contributed by atoms with van der Waals surface area (Å²) in [6.45, 7) is 0. The highest BCUT2D eigenvalue weighted by atomic mass is 32.2. The maximum Gasteiger partial charge on any atom is 0.358 e. The van der Waals surface area contributed by atoms with E-state index in [-0.39, 0.29) is 4.90 Å². The third-order valence-corrected chi connectivity index (χ3v) is 3.74. The van der Waals surface area contributed by atoms with Crippen molar-refractivity contribution < 1.29 is 22.7 Å². The van der Waals surface area contributed by atoms with Crippen molar-refractivity contribution in [1.29, 1.82) is 0 Å². The second-order valence-corrected chi connectivity index (χ2v) is 4.95. The molecule has 1 aromatic carbocycles. The first-order chi connectivity index (χ1) is 7.51. The lowest BCUT2D eigenvalue weighted by Gasteiger charge is -2.01. The Morgan fingerprint density at radius 1 is 1.00 bits per heavy atom. The number of carbonyl (C=O) groups excluding carboxylic acids is 2. The van der Waals surface area contributed by atoms with Crippen LogP contribution in [-0.4, -0.2) is 20.4 Å². The van der Waals surface area contributed by atoms with Crippen LogP contribution in [0.2, 0.25) is 0 Å². The van der Waals surface area contributed by atoms with Gasteiger partial charge in [-0.05, 0) is 12.1 Å². The summed E-state index contributed by atoms with van der Waals surface area (Å²) in [6, 6.07) is 7.37. The number of ether oxygens (including phenoxy) is 1. The van der Waals surface area contributed by atoms with E-state index in [2.05, 4.69) is 4.74 Å². The van der Waals surface area contributed by atoms with Crippen LogP contribution in [0.5, 0.6) is 0 Å². The van der Waals surface area contributed by atoms with Crippen LogP contribution in [0.15, 0.2) is 46.2 Å². The van der Waals surface area contributed by atoms with Crippen LogP contribution < -0.4 is 0 Å². The van der Waals surface area contributed by atoms with E-state index in [4.69, 9.17) is 0 Å². The van der Waals surface area contributed by atoms with Gasteiger partial charge in [-0.3, -0.25) is 0 Å². The third kappa shape index (κ3) is 1.63. The number of carbonyl (C=O) groups is 2. The van der Waals surface area contributed by atoms with Crippen molar-refractivity contribution in [3.8, 4) is 0 Å². The molecule has 1 aliphatic rings. The highest BCUT2D eigenvalue weighted by Crippen LogP contribution is 2.23. The molecular formula is C10H6O5S. The molecule has 0 saturated heterocycles. The Hall–Kier alpha value is -1.95. The summed E-state index contributed by atoms with van der Waals surface area (Å²) in [6.07, 6.45) is 0.685. The van der Waals surface area contributed by atoms with E-state index in [1.807, 2.05) is 0 Å². The second kappa shape index (κ2) is 3.57. The maximum atomic E-state index is 11.9. The predicted octanol–water partition coefficient (Wildman–Crippen LogP) is 0.428. The van der Waals surface area contributed by atoms with E-state index in [0.717, 1.165) is 0 Å². The molecule has 0 radical (unpaired) electrons. The minimum atomic E-state index is -3.96. The predicted molar refractivity (Wildman–Crippen MR) is 52.8 cm³/mol. The zero-order valence-electron chi connectivity index (χ0n) is 7.91. The molecule has 2 rings (SSSR count). The van der Waals surface area contributed by atoms with Gasteiger partial charge in [-0.15, -0.1) is 0 Å². The lowest BCUT2D eigenvalue weighted by atomic mass is 10.4. The Labute approximate surface area is 91.3 Å². The van der Waals surface area contributed by atoms with Gasteiger partial charge in [0.15, 0.2) is 4.91 Å². The van der Waals surface area contributed by atoms with Gasteiger partial charge in [0.2, 0.25) is 9.84 Å². The Bertz CT molecular complexity index is 583. The van der Waals surface area contributed by atoms with Gasteiger partial charge in [0.05, 0.1) is 11.0 Å². The van der Waals surface area contributed by atoms with Gasteiger partial charge < -0.3 is 4.74 Å². The fourth-order valence-electron chi connectivity index (χ4n) is 1.25.